The van der Waals surface area contributed by atoms with Crippen LogP contribution in [0.2, 0.25) is 0 Å². The van der Waals surface area contributed by atoms with E-state index in [1.165, 1.54) is 44.9 Å². The van der Waals surface area contributed by atoms with Crippen LogP contribution in [0.4, 0.5) is 26.3 Å². The number of aliphatic hydroxyl groups is 3. The lowest BCUT2D eigenvalue weighted by Gasteiger charge is -2.26. The van der Waals surface area contributed by atoms with Gasteiger partial charge in [0, 0.05) is 134 Å². The molecule has 524 valence electrons. The van der Waals surface area contributed by atoms with Crippen molar-refractivity contribution in [3.63, 3.8) is 0 Å². The van der Waals surface area contributed by atoms with Crippen LogP contribution >= 0.6 is 0 Å². The van der Waals surface area contributed by atoms with Crippen molar-refractivity contribution in [1.82, 2.24) is 44.1 Å². The number of nitrogens with one attached hydrogen (secondary N) is 1. The number of aryl methyl sites for hydroxylation is 1. The molecule has 3 saturated heterocycles. The van der Waals surface area contributed by atoms with Crippen molar-refractivity contribution < 1.29 is 55.9 Å². The first-order valence-corrected chi connectivity index (χ1v) is 31.6. The molecular formula is C59H120F6N18O6. The Labute approximate surface area is 527 Å². The van der Waals surface area contributed by atoms with Crippen LogP contribution in [-0.2, 0) is 33.7 Å². The Morgan fingerprint density at radius 1 is 0.584 bits per heavy atom. The fraction of sp³-hybridized carbons (Fsp3) is 0.797. The Bertz CT molecular complexity index is 1820. The number of morpholine rings is 2. The van der Waals surface area contributed by atoms with E-state index in [9.17, 15) is 31.1 Å². The molecule has 0 atom stereocenters. The van der Waals surface area contributed by atoms with Gasteiger partial charge in [-0.3, -0.25) is 24.5 Å². The lowest BCUT2D eigenvalue weighted by Crippen LogP contribution is -2.50. The third-order valence-corrected chi connectivity index (χ3v) is 13.1. The van der Waals surface area contributed by atoms with Crippen molar-refractivity contribution in [2.45, 2.75) is 128 Å². The SMILES string of the molecule is NCC(F)(F)C(F)(F)C(F)F.NCCCCCCCCCCO.NCCCN(CCO)CCO.NCCCN1CCCC1=O.NCCCN1CCOCC1.NCCCn1ccnc1.NCCN1CCOCC1.NCCc1ccccn1.NCCc1cnc[nH]1. The summed E-state index contributed by atoms with van der Waals surface area (Å²) in [7, 11) is 0. The molecule has 24 nitrogen and oxygen atoms in total. The molecule has 0 bridgehead atoms. The number of unbranched alkanes of at least 4 members (excludes halogenated alkanes) is 7. The van der Waals surface area contributed by atoms with Crippen LogP contribution in [0.5, 0.6) is 0 Å². The lowest BCUT2D eigenvalue weighted by atomic mass is 10.1. The van der Waals surface area contributed by atoms with E-state index in [0.717, 1.165) is 187 Å². The first-order chi connectivity index (χ1) is 43.0. The standard InChI is InChI=1S/C10H23NO.C7H18N2O2.C7H14N2O.C7H16N2O.C7H10N2.C6H11N3.C6H14N2O.C5H9N3.C4H5F6N/c11-9-7-5-3-1-2-4-6-8-10-12;8-2-1-3-9(4-6-10)5-7-11;8-4-2-6-9-5-1-3-7(9)10;8-2-1-3-9-4-6-10-7-5-9;8-5-4-7-3-1-2-6-9-7;7-2-1-4-9-5-3-8-6-9;7-1-2-8-3-5-9-6-4-8;6-2-1-5-3-7-4-8-5;5-2(6)4(9,10)3(7,8)1-11/h12H,1-11H2;10-11H,1-8H2;1-6,8H2;1-8H2;1-3,6H,4-5,8H2;3,5-6H,1-2,4,7H2;1-7H2;3-4H,1-2,6H2,(H,7,8);2H,1,11H2. The second-order valence-electron chi connectivity index (χ2n) is 20.5. The van der Waals surface area contributed by atoms with Gasteiger partial charge in [-0.1, -0.05) is 44.6 Å². The first-order valence-electron chi connectivity index (χ1n) is 31.6. The number of halogens is 6. The van der Waals surface area contributed by atoms with E-state index in [1.807, 2.05) is 38.8 Å². The highest BCUT2D eigenvalue weighted by Gasteiger charge is 2.61. The molecule has 22 N–H and O–H groups in total. The highest BCUT2D eigenvalue weighted by molar-refractivity contribution is 5.78. The maximum Gasteiger partial charge on any atom is 0.370 e. The molecule has 3 aliphatic heterocycles. The van der Waals surface area contributed by atoms with E-state index in [0.29, 0.717) is 51.8 Å². The fourth-order valence-electron chi connectivity index (χ4n) is 7.88. The minimum Gasteiger partial charge on any atom is -0.396 e. The van der Waals surface area contributed by atoms with Crippen molar-refractivity contribution in [3.8, 4) is 0 Å². The van der Waals surface area contributed by atoms with Gasteiger partial charge in [0.25, 0.3) is 0 Å². The summed E-state index contributed by atoms with van der Waals surface area (Å²) >= 11 is 0. The third kappa shape index (κ3) is 54.2. The highest BCUT2D eigenvalue weighted by Crippen LogP contribution is 2.38. The maximum absolute atomic E-state index is 11.8. The van der Waals surface area contributed by atoms with Crippen LogP contribution < -0.4 is 51.6 Å². The van der Waals surface area contributed by atoms with Crippen LogP contribution in [0, 0.1) is 0 Å². The minimum absolute atomic E-state index is 0.143. The first kappa shape index (κ1) is 89.1. The van der Waals surface area contributed by atoms with Gasteiger partial charge in [0.15, 0.2) is 0 Å². The van der Waals surface area contributed by atoms with Crippen molar-refractivity contribution in [2.75, 3.05) is 177 Å². The number of alkyl halides is 6. The minimum atomic E-state index is -5.35. The number of pyridine rings is 1. The molecule has 3 aromatic rings. The molecule has 3 aliphatic rings. The van der Waals surface area contributed by atoms with E-state index in [-0.39, 0.29) is 13.2 Å². The van der Waals surface area contributed by atoms with Gasteiger partial charge >= 0.3 is 18.3 Å². The number of rotatable bonds is 34. The molecule has 0 spiro atoms. The number of H-pyrrole nitrogens is 1. The topological polar surface area (TPSA) is 403 Å². The molecule has 0 unspecified atom stereocenters. The maximum atomic E-state index is 11.8. The lowest BCUT2D eigenvalue weighted by molar-refractivity contribution is -0.258. The van der Waals surface area contributed by atoms with Gasteiger partial charge in [0.2, 0.25) is 5.91 Å². The third-order valence-electron chi connectivity index (χ3n) is 13.1. The number of carbonyl (C=O) groups is 1. The number of likely N-dealkylation sites (tertiary alicyclic amines) is 1. The molecule has 0 aliphatic carbocycles. The summed E-state index contributed by atoms with van der Waals surface area (Å²) < 4.78 is 82.0. The van der Waals surface area contributed by atoms with Crippen LogP contribution in [-0.4, -0.2) is 261 Å². The Balaban J connectivity index is -0.000000936. The summed E-state index contributed by atoms with van der Waals surface area (Å²) in [5, 5.41) is 25.7. The summed E-state index contributed by atoms with van der Waals surface area (Å²) in [6, 6.07) is 5.85. The van der Waals surface area contributed by atoms with Crippen molar-refractivity contribution in [3.05, 3.63) is 67.0 Å². The Hall–Kier alpha value is -4.06. The molecule has 89 heavy (non-hydrogen) atoms. The zero-order chi connectivity index (χ0) is 66.9. The van der Waals surface area contributed by atoms with Gasteiger partial charge in [-0.05, 0) is 116 Å². The van der Waals surface area contributed by atoms with Gasteiger partial charge in [0.1, 0.15) is 0 Å². The van der Waals surface area contributed by atoms with E-state index < -0.39 is 24.8 Å². The predicted octanol–water partition coefficient (Wildman–Crippen LogP) is 1.79. The van der Waals surface area contributed by atoms with E-state index in [2.05, 4.69) is 35.5 Å². The quantitative estimate of drug-likeness (QED) is 0.0299. The number of imidazole rings is 2. The number of aromatic amines is 1. The molecule has 0 aromatic carbocycles. The van der Waals surface area contributed by atoms with Crippen LogP contribution in [0.3, 0.4) is 0 Å². The van der Waals surface area contributed by atoms with Crippen molar-refractivity contribution >= 4 is 5.91 Å². The average molecular weight is 1290 g/mol. The summed E-state index contributed by atoms with van der Waals surface area (Å²) in [6.07, 6.45) is 23.8. The molecule has 1 amide bonds. The molecule has 6 rings (SSSR count). The van der Waals surface area contributed by atoms with Gasteiger partial charge < -0.3 is 90.8 Å². The Morgan fingerprint density at radius 2 is 1.12 bits per heavy atom. The summed E-state index contributed by atoms with van der Waals surface area (Å²) in [5.74, 6) is -9.89. The summed E-state index contributed by atoms with van der Waals surface area (Å²) in [4.78, 5) is 34.3. The number of carbonyl (C=O) groups excluding carboxylic acids is 1. The normalized spacial score (nSPS) is 14.1. The Kier molecular flexibility index (Phi) is 65.5. The van der Waals surface area contributed by atoms with Crippen LogP contribution in [0.25, 0.3) is 0 Å². The second-order valence-corrected chi connectivity index (χ2v) is 20.5. The molecule has 3 fully saturated rings. The monoisotopic (exact) mass is 1290 g/mol. The molecule has 0 radical (unpaired) electrons. The summed E-state index contributed by atoms with van der Waals surface area (Å²) in [5.41, 5.74) is 49.0. The number of nitrogens with zero attached hydrogens (tertiary/aromatic N) is 8. The molecule has 0 saturated carbocycles. The number of nitrogens with two attached hydrogens (primary N) is 9. The van der Waals surface area contributed by atoms with E-state index in [1.54, 1.807) is 31.2 Å². The number of ether oxygens (including phenoxy) is 2. The van der Waals surface area contributed by atoms with Crippen LogP contribution in [0.1, 0.15) is 101 Å². The molecule has 6 heterocycles. The van der Waals surface area contributed by atoms with Gasteiger partial charge in [-0.2, -0.15) is 17.6 Å². The zero-order valence-corrected chi connectivity index (χ0v) is 53.5. The van der Waals surface area contributed by atoms with Gasteiger partial charge in [0.05, 0.1) is 58.8 Å². The van der Waals surface area contributed by atoms with Crippen molar-refractivity contribution in [1.29, 1.82) is 0 Å². The summed E-state index contributed by atoms with van der Waals surface area (Å²) in [6.45, 7) is 19.6. The fourth-order valence-corrected chi connectivity index (χ4v) is 7.88. The van der Waals surface area contributed by atoms with Gasteiger partial charge in [-0.15, -0.1) is 0 Å². The van der Waals surface area contributed by atoms with E-state index in [4.69, 9.17) is 70.7 Å². The number of amides is 1. The van der Waals surface area contributed by atoms with Crippen molar-refractivity contribution in [2.24, 2.45) is 51.6 Å². The molecule has 3 aromatic heterocycles. The largest absolute Gasteiger partial charge is 0.396 e. The number of hydrogen-bond donors (Lipinski definition) is 13. The smallest absolute Gasteiger partial charge is 0.370 e. The average Bonchev–Trinajstić information content (AvgIpc) is 2.66. The number of aliphatic hydroxyl groups excluding tert-OH is 3. The second kappa shape index (κ2) is 65.4. The molecule has 30 heteroatoms. The number of aromatic nitrogens is 5. The Morgan fingerprint density at radius 3 is 1.54 bits per heavy atom. The number of hydrogen-bond acceptors (Lipinski definition) is 21. The van der Waals surface area contributed by atoms with Crippen LogP contribution in [0.15, 0.2) is 55.6 Å². The van der Waals surface area contributed by atoms with Gasteiger partial charge in [-0.25, -0.2) is 18.7 Å². The van der Waals surface area contributed by atoms with E-state index >= 15 is 0 Å². The predicted molar refractivity (Wildman–Crippen MR) is 343 cm³/mol. The highest BCUT2D eigenvalue weighted by atomic mass is 19.3. The molecular weight excluding hydrogens is 1170 g/mol. The zero-order valence-electron chi connectivity index (χ0n) is 53.5.